The molecule has 0 radical (unpaired) electrons. The lowest BCUT2D eigenvalue weighted by atomic mass is 10.0. The molecular formula is C31H20N2O. The topological polar surface area (TPSA) is 31.0 Å². The lowest BCUT2D eigenvalue weighted by Crippen LogP contribution is -1.97. The zero-order chi connectivity index (χ0) is 22.5. The molecule has 0 saturated carbocycles. The Morgan fingerprint density at radius 2 is 1.32 bits per heavy atom. The van der Waals surface area contributed by atoms with E-state index in [2.05, 4.69) is 102 Å². The van der Waals surface area contributed by atoms with E-state index in [1.807, 2.05) is 24.5 Å². The predicted octanol–water partition coefficient (Wildman–Crippen LogP) is 8.26. The van der Waals surface area contributed by atoms with Crippen LogP contribution in [-0.4, -0.2) is 9.55 Å². The Morgan fingerprint density at radius 1 is 0.588 bits per heavy atom. The van der Waals surface area contributed by atoms with Gasteiger partial charge in [0.2, 0.25) is 0 Å². The van der Waals surface area contributed by atoms with Gasteiger partial charge < -0.3 is 4.42 Å². The third-order valence-corrected chi connectivity index (χ3v) is 6.50. The summed E-state index contributed by atoms with van der Waals surface area (Å²) in [6, 6.07) is 40.0. The molecule has 7 aromatic rings. The molecule has 3 nitrogen and oxygen atoms in total. The zero-order valence-electron chi connectivity index (χ0n) is 18.3. The van der Waals surface area contributed by atoms with Crippen LogP contribution in [0.4, 0.5) is 0 Å². The van der Waals surface area contributed by atoms with Crippen molar-refractivity contribution >= 4 is 32.8 Å². The van der Waals surface area contributed by atoms with Crippen LogP contribution in [0.25, 0.3) is 61.0 Å². The van der Waals surface area contributed by atoms with E-state index in [4.69, 9.17) is 9.40 Å². The first-order chi connectivity index (χ1) is 16.9. The second kappa shape index (κ2) is 7.46. The summed E-state index contributed by atoms with van der Waals surface area (Å²) in [4.78, 5) is 5.05. The van der Waals surface area contributed by atoms with Crippen LogP contribution in [0.1, 0.15) is 0 Å². The molecule has 7 rings (SSSR count). The van der Waals surface area contributed by atoms with Crippen molar-refractivity contribution < 1.29 is 4.42 Å². The predicted molar refractivity (Wildman–Crippen MR) is 139 cm³/mol. The highest BCUT2D eigenvalue weighted by molar-refractivity contribution is 6.09. The number of furan rings is 1. The maximum atomic E-state index is 6.13. The van der Waals surface area contributed by atoms with Gasteiger partial charge in [0.1, 0.15) is 17.7 Å². The number of benzene rings is 5. The van der Waals surface area contributed by atoms with E-state index in [9.17, 15) is 0 Å². The number of rotatable bonds is 3. The average molecular weight is 437 g/mol. The standard InChI is InChI=1S/C31H20N2O/c1-2-8-21(9-3-1)22-14-17-24(18-15-22)33-29-13-7-6-12-28(29)32-31(33)27-20-34-30-25-11-5-4-10-23(25)16-19-26(27)30/h1-20H. The summed E-state index contributed by atoms with van der Waals surface area (Å²) in [5.74, 6) is 0.877. The van der Waals surface area contributed by atoms with Crippen molar-refractivity contribution in [2.75, 3.05) is 0 Å². The number of aromatic nitrogens is 2. The molecule has 0 aliphatic rings. The zero-order valence-corrected chi connectivity index (χ0v) is 18.3. The van der Waals surface area contributed by atoms with Gasteiger partial charge in [0.15, 0.2) is 0 Å². The van der Waals surface area contributed by atoms with Crippen LogP contribution in [0.3, 0.4) is 0 Å². The van der Waals surface area contributed by atoms with E-state index in [1.54, 1.807) is 0 Å². The molecule has 0 bridgehead atoms. The summed E-state index contributed by atoms with van der Waals surface area (Å²) in [5, 5.41) is 3.35. The molecule has 2 aromatic heterocycles. The molecule has 0 aliphatic heterocycles. The molecule has 0 aliphatic carbocycles. The third kappa shape index (κ3) is 2.87. The monoisotopic (exact) mass is 436 g/mol. The summed E-state index contributed by atoms with van der Waals surface area (Å²) in [6.45, 7) is 0. The van der Waals surface area contributed by atoms with Crippen LogP contribution in [0.15, 0.2) is 126 Å². The van der Waals surface area contributed by atoms with Crippen LogP contribution in [0, 0.1) is 0 Å². The Kier molecular flexibility index (Phi) is 4.15. The molecule has 0 amide bonds. The number of fused-ring (bicyclic) bond motifs is 4. The maximum absolute atomic E-state index is 6.13. The van der Waals surface area contributed by atoms with Gasteiger partial charge in [-0.2, -0.15) is 0 Å². The smallest absolute Gasteiger partial charge is 0.149 e. The average Bonchev–Trinajstić information content (AvgIpc) is 3.51. The van der Waals surface area contributed by atoms with E-state index >= 15 is 0 Å². The molecular weight excluding hydrogens is 416 g/mol. The van der Waals surface area contributed by atoms with Crippen LogP contribution < -0.4 is 0 Å². The van der Waals surface area contributed by atoms with Gasteiger partial charge in [-0.05, 0) is 46.8 Å². The van der Waals surface area contributed by atoms with Gasteiger partial charge in [0, 0.05) is 16.5 Å². The van der Waals surface area contributed by atoms with Crippen molar-refractivity contribution in [3.05, 3.63) is 122 Å². The molecule has 0 saturated heterocycles. The molecule has 0 atom stereocenters. The van der Waals surface area contributed by atoms with Gasteiger partial charge in [0.05, 0.1) is 16.6 Å². The van der Waals surface area contributed by atoms with Crippen molar-refractivity contribution in [1.82, 2.24) is 9.55 Å². The molecule has 0 N–H and O–H groups in total. The minimum Gasteiger partial charge on any atom is -0.463 e. The van der Waals surface area contributed by atoms with Gasteiger partial charge >= 0.3 is 0 Å². The minimum atomic E-state index is 0.877. The van der Waals surface area contributed by atoms with Gasteiger partial charge in [0.25, 0.3) is 0 Å². The fourth-order valence-corrected chi connectivity index (χ4v) is 4.84. The largest absolute Gasteiger partial charge is 0.463 e. The summed E-state index contributed by atoms with van der Waals surface area (Å²) >= 11 is 0. The van der Waals surface area contributed by atoms with Crippen LogP contribution in [-0.2, 0) is 0 Å². The minimum absolute atomic E-state index is 0.877. The lowest BCUT2D eigenvalue weighted by molar-refractivity contribution is 0.620. The fraction of sp³-hybridized carbons (Fsp3) is 0. The molecule has 3 heteroatoms. The molecule has 5 aromatic carbocycles. The Morgan fingerprint density at radius 3 is 2.21 bits per heavy atom. The Balaban J connectivity index is 1.45. The van der Waals surface area contributed by atoms with E-state index in [-0.39, 0.29) is 0 Å². The maximum Gasteiger partial charge on any atom is 0.149 e. The normalized spacial score (nSPS) is 11.5. The number of hydrogen-bond acceptors (Lipinski definition) is 2. The molecule has 0 unspecified atom stereocenters. The number of hydrogen-bond donors (Lipinski definition) is 0. The summed E-state index contributed by atoms with van der Waals surface area (Å²) < 4.78 is 8.35. The quantitative estimate of drug-likeness (QED) is 0.279. The molecule has 34 heavy (non-hydrogen) atoms. The van der Waals surface area contributed by atoms with Crippen molar-refractivity contribution in [2.24, 2.45) is 0 Å². The highest BCUT2D eigenvalue weighted by Crippen LogP contribution is 2.37. The third-order valence-electron chi connectivity index (χ3n) is 6.50. The first-order valence-corrected chi connectivity index (χ1v) is 11.4. The van der Waals surface area contributed by atoms with Crippen molar-refractivity contribution in [3.63, 3.8) is 0 Å². The molecule has 2 heterocycles. The van der Waals surface area contributed by atoms with E-state index in [0.717, 1.165) is 44.5 Å². The molecule has 160 valence electrons. The van der Waals surface area contributed by atoms with Crippen LogP contribution in [0.5, 0.6) is 0 Å². The van der Waals surface area contributed by atoms with Gasteiger partial charge in [-0.25, -0.2) is 4.98 Å². The molecule has 0 spiro atoms. The van der Waals surface area contributed by atoms with Crippen molar-refractivity contribution in [1.29, 1.82) is 0 Å². The number of para-hydroxylation sites is 2. The lowest BCUT2D eigenvalue weighted by Gasteiger charge is -2.10. The number of imidazole rings is 1. The van der Waals surface area contributed by atoms with Gasteiger partial charge in [-0.15, -0.1) is 0 Å². The fourth-order valence-electron chi connectivity index (χ4n) is 4.84. The highest BCUT2D eigenvalue weighted by atomic mass is 16.3. The van der Waals surface area contributed by atoms with Crippen LogP contribution >= 0.6 is 0 Å². The summed E-state index contributed by atoms with van der Waals surface area (Å²) in [7, 11) is 0. The second-order valence-electron chi connectivity index (χ2n) is 8.49. The summed E-state index contributed by atoms with van der Waals surface area (Å²) in [6.07, 6.45) is 1.84. The van der Waals surface area contributed by atoms with Crippen molar-refractivity contribution in [2.45, 2.75) is 0 Å². The van der Waals surface area contributed by atoms with Gasteiger partial charge in [-0.1, -0.05) is 84.9 Å². The number of nitrogens with zero attached hydrogens (tertiary/aromatic N) is 2. The van der Waals surface area contributed by atoms with E-state index in [0.29, 0.717) is 0 Å². The molecule has 0 fully saturated rings. The van der Waals surface area contributed by atoms with E-state index in [1.165, 1.54) is 16.5 Å². The van der Waals surface area contributed by atoms with E-state index < -0.39 is 0 Å². The summed E-state index contributed by atoms with van der Waals surface area (Å²) in [5.41, 5.74) is 7.38. The highest BCUT2D eigenvalue weighted by Gasteiger charge is 2.19. The Labute approximate surface area is 196 Å². The van der Waals surface area contributed by atoms with Gasteiger partial charge in [-0.3, -0.25) is 4.57 Å². The second-order valence-corrected chi connectivity index (χ2v) is 8.49. The Hall–Kier alpha value is -4.63. The first kappa shape index (κ1) is 18.9. The Bertz CT molecular complexity index is 1790. The van der Waals surface area contributed by atoms with Crippen molar-refractivity contribution in [3.8, 4) is 28.2 Å². The SMILES string of the molecule is c1ccc(-c2ccc(-n3c(-c4coc5c4ccc4ccccc45)nc4ccccc43)cc2)cc1. The first-order valence-electron chi connectivity index (χ1n) is 11.4. The van der Waals surface area contributed by atoms with Crippen LogP contribution in [0.2, 0.25) is 0 Å².